The molecule has 0 radical (unpaired) electrons. The molecule has 1 aromatic carbocycles. The molecule has 1 N–H and O–H groups in total. The predicted octanol–water partition coefficient (Wildman–Crippen LogP) is 1.43. The first-order chi connectivity index (χ1) is 8.65. The van der Waals surface area contributed by atoms with Gasteiger partial charge in [0, 0.05) is 26.2 Å². The summed E-state index contributed by atoms with van der Waals surface area (Å²) >= 11 is 0. The highest BCUT2D eigenvalue weighted by molar-refractivity contribution is 5.94. The van der Waals surface area contributed by atoms with Crippen LogP contribution in [0.4, 0.5) is 4.39 Å². The van der Waals surface area contributed by atoms with Gasteiger partial charge in [-0.15, -0.1) is 0 Å². The van der Waals surface area contributed by atoms with Crippen molar-refractivity contribution in [3.05, 3.63) is 35.1 Å². The minimum absolute atomic E-state index is 0.161. The van der Waals surface area contributed by atoms with Crippen LogP contribution in [0.25, 0.3) is 0 Å². The standard InChI is InChI=1S/C14H17FN2O/c1-9-2-3-13(15)12(4-9)14(18)17-7-10-5-16-6-11(10)8-17/h2-4,10-11,16H,5-8H2,1H3. The number of hydrogen-bond acceptors (Lipinski definition) is 2. The molecule has 0 spiro atoms. The second-order valence-electron chi connectivity index (χ2n) is 5.37. The molecule has 2 aliphatic heterocycles. The van der Waals surface area contributed by atoms with E-state index in [2.05, 4.69) is 5.32 Å². The zero-order valence-electron chi connectivity index (χ0n) is 10.4. The van der Waals surface area contributed by atoms with Crippen LogP contribution in [0.1, 0.15) is 15.9 Å². The molecular formula is C14H17FN2O. The molecule has 96 valence electrons. The van der Waals surface area contributed by atoms with Gasteiger partial charge < -0.3 is 10.2 Å². The number of carbonyl (C=O) groups is 1. The van der Waals surface area contributed by atoms with E-state index < -0.39 is 5.82 Å². The Kier molecular flexibility index (Phi) is 2.82. The molecule has 2 heterocycles. The first kappa shape index (κ1) is 11.7. The number of benzene rings is 1. The van der Waals surface area contributed by atoms with Gasteiger partial charge in [-0.25, -0.2) is 4.39 Å². The molecule has 2 fully saturated rings. The molecule has 2 aliphatic rings. The van der Waals surface area contributed by atoms with Gasteiger partial charge in [0.05, 0.1) is 5.56 Å². The summed E-state index contributed by atoms with van der Waals surface area (Å²) < 4.78 is 13.7. The van der Waals surface area contributed by atoms with Crippen LogP contribution in [0.3, 0.4) is 0 Å². The molecule has 0 aromatic heterocycles. The van der Waals surface area contributed by atoms with Crippen molar-refractivity contribution in [2.45, 2.75) is 6.92 Å². The molecule has 0 aliphatic carbocycles. The van der Waals surface area contributed by atoms with Gasteiger partial charge in [-0.2, -0.15) is 0 Å². The number of rotatable bonds is 1. The number of halogens is 1. The average Bonchev–Trinajstić information content (AvgIpc) is 2.91. The third-order valence-electron chi connectivity index (χ3n) is 4.03. The molecule has 18 heavy (non-hydrogen) atoms. The summed E-state index contributed by atoms with van der Waals surface area (Å²) in [5.41, 5.74) is 1.13. The number of fused-ring (bicyclic) bond motifs is 1. The Morgan fingerprint density at radius 3 is 2.67 bits per heavy atom. The monoisotopic (exact) mass is 248 g/mol. The lowest BCUT2D eigenvalue weighted by atomic mass is 10.0. The van der Waals surface area contributed by atoms with Crippen LogP contribution in [0.2, 0.25) is 0 Å². The molecule has 2 saturated heterocycles. The van der Waals surface area contributed by atoms with E-state index in [4.69, 9.17) is 0 Å². The fourth-order valence-corrected chi connectivity index (χ4v) is 2.99. The summed E-state index contributed by atoms with van der Waals surface area (Å²) in [4.78, 5) is 14.1. The van der Waals surface area contributed by atoms with E-state index in [1.807, 2.05) is 6.92 Å². The third-order valence-corrected chi connectivity index (χ3v) is 4.03. The van der Waals surface area contributed by atoms with Gasteiger partial charge in [0.1, 0.15) is 5.82 Å². The van der Waals surface area contributed by atoms with Gasteiger partial charge in [-0.3, -0.25) is 4.79 Å². The average molecular weight is 248 g/mol. The van der Waals surface area contributed by atoms with E-state index in [1.165, 1.54) is 6.07 Å². The van der Waals surface area contributed by atoms with Crippen LogP contribution >= 0.6 is 0 Å². The number of hydrogen-bond donors (Lipinski definition) is 1. The number of nitrogens with one attached hydrogen (secondary N) is 1. The number of carbonyl (C=O) groups excluding carboxylic acids is 1. The van der Waals surface area contributed by atoms with Crippen LogP contribution in [0.5, 0.6) is 0 Å². The van der Waals surface area contributed by atoms with Crippen LogP contribution < -0.4 is 5.32 Å². The molecule has 0 bridgehead atoms. The lowest BCUT2D eigenvalue weighted by Gasteiger charge is -2.18. The fraction of sp³-hybridized carbons (Fsp3) is 0.500. The summed E-state index contributed by atoms with van der Waals surface area (Å²) in [5.74, 6) is 0.509. The normalized spacial score (nSPS) is 26.4. The van der Waals surface area contributed by atoms with Crippen molar-refractivity contribution in [1.29, 1.82) is 0 Å². The first-order valence-electron chi connectivity index (χ1n) is 6.41. The van der Waals surface area contributed by atoms with E-state index in [0.717, 1.165) is 31.7 Å². The molecule has 2 unspecified atom stereocenters. The number of likely N-dealkylation sites (tertiary alicyclic amines) is 1. The summed E-state index contributed by atoms with van der Waals surface area (Å²) in [6, 6.07) is 4.71. The number of amides is 1. The first-order valence-corrected chi connectivity index (χ1v) is 6.41. The SMILES string of the molecule is Cc1ccc(F)c(C(=O)N2CC3CNCC3C2)c1. The van der Waals surface area contributed by atoms with Crippen molar-refractivity contribution in [3.8, 4) is 0 Å². The maximum Gasteiger partial charge on any atom is 0.256 e. The summed E-state index contributed by atoms with van der Waals surface area (Å²) in [6.07, 6.45) is 0. The van der Waals surface area contributed by atoms with Crippen LogP contribution in [0.15, 0.2) is 18.2 Å². The number of aryl methyl sites for hydroxylation is 1. The highest BCUT2D eigenvalue weighted by atomic mass is 19.1. The van der Waals surface area contributed by atoms with Gasteiger partial charge in [0.2, 0.25) is 0 Å². The second kappa shape index (κ2) is 4.35. The van der Waals surface area contributed by atoms with Gasteiger partial charge in [-0.05, 0) is 30.9 Å². The third kappa shape index (κ3) is 1.90. The highest BCUT2D eigenvalue weighted by Gasteiger charge is 2.38. The maximum absolute atomic E-state index is 13.7. The highest BCUT2D eigenvalue weighted by Crippen LogP contribution is 2.27. The number of nitrogens with zero attached hydrogens (tertiary/aromatic N) is 1. The second-order valence-corrected chi connectivity index (χ2v) is 5.37. The fourth-order valence-electron chi connectivity index (χ4n) is 2.99. The van der Waals surface area contributed by atoms with Crippen molar-refractivity contribution in [1.82, 2.24) is 10.2 Å². The molecule has 4 heteroatoms. The Morgan fingerprint density at radius 2 is 2.00 bits per heavy atom. The lowest BCUT2D eigenvalue weighted by molar-refractivity contribution is 0.0777. The van der Waals surface area contributed by atoms with Crippen LogP contribution in [0, 0.1) is 24.6 Å². The molecule has 1 aromatic rings. The summed E-state index contributed by atoms with van der Waals surface area (Å²) in [5, 5.41) is 3.33. The molecule has 3 nitrogen and oxygen atoms in total. The quantitative estimate of drug-likeness (QED) is 0.815. The van der Waals surface area contributed by atoms with Crippen molar-refractivity contribution in [2.75, 3.05) is 26.2 Å². The van der Waals surface area contributed by atoms with Crippen LogP contribution in [-0.4, -0.2) is 37.0 Å². The maximum atomic E-state index is 13.7. The van der Waals surface area contributed by atoms with Gasteiger partial charge in [0.25, 0.3) is 5.91 Å². The minimum atomic E-state index is -0.416. The summed E-state index contributed by atoms with van der Waals surface area (Å²) in [6.45, 7) is 5.34. The van der Waals surface area contributed by atoms with E-state index in [0.29, 0.717) is 11.8 Å². The Bertz CT molecular complexity index is 477. The zero-order valence-corrected chi connectivity index (χ0v) is 10.4. The summed E-state index contributed by atoms with van der Waals surface area (Å²) in [7, 11) is 0. The van der Waals surface area contributed by atoms with E-state index >= 15 is 0 Å². The molecule has 0 saturated carbocycles. The molecular weight excluding hydrogens is 231 g/mol. The van der Waals surface area contributed by atoms with E-state index in [-0.39, 0.29) is 11.5 Å². The topological polar surface area (TPSA) is 32.3 Å². The van der Waals surface area contributed by atoms with Gasteiger partial charge >= 0.3 is 0 Å². The van der Waals surface area contributed by atoms with Crippen molar-refractivity contribution >= 4 is 5.91 Å². The molecule has 3 rings (SSSR count). The van der Waals surface area contributed by atoms with E-state index in [9.17, 15) is 9.18 Å². The lowest BCUT2D eigenvalue weighted by Crippen LogP contribution is -2.32. The van der Waals surface area contributed by atoms with Gasteiger partial charge in [-0.1, -0.05) is 11.6 Å². The van der Waals surface area contributed by atoms with Crippen molar-refractivity contribution in [3.63, 3.8) is 0 Å². The van der Waals surface area contributed by atoms with Crippen LogP contribution in [-0.2, 0) is 0 Å². The van der Waals surface area contributed by atoms with E-state index in [1.54, 1.807) is 17.0 Å². The largest absolute Gasteiger partial charge is 0.338 e. The smallest absolute Gasteiger partial charge is 0.256 e. The minimum Gasteiger partial charge on any atom is -0.338 e. The van der Waals surface area contributed by atoms with Gasteiger partial charge in [0.15, 0.2) is 0 Å². The van der Waals surface area contributed by atoms with Crippen molar-refractivity contribution in [2.24, 2.45) is 11.8 Å². The Labute approximate surface area is 106 Å². The molecule has 1 amide bonds. The molecule has 2 atom stereocenters. The zero-order chi connectivity index (χ0) is 12.7. The Hall–Kier alpha value is -1.42. The van der Waals surface area contributed by atoms with Crippen molar-refractivity contribution < 1.29 is 9.18 Å². The predicted molar refractivity (Wildman–Crippen MR) is 66.9 cm³/mol. The Morgan fingerprint density at radius 1 is 1.33 bits per heavy atom. The Balaban J connectivity index is 1.81.